The molecule has 0 heterocycles. The maximum Gasteiger partial charge on any atom is 0.0995 e. The van der Waals surface area contributed by atoms with Crippen molar-refractivity contribution in [3.63, 3.8) is 0 Å². The van der Waals surface area contributed by atoms with E-state index in [0.717, 1.165) is 6.42 Å². The lowest BCUT2D eigenvalue weighted by Crippen LogP contribution is -2.28. The first-order chi connectivity index (χ1) is 7.43. The summed E-state index contributed by atoms with van der Waals surface area (Å²) < 4.78 is 0. The van der Waals surface area contributed by atoms with Crippen LogP contribution in [0.15, 0.2) is 29.3 Å². The molecule has 2 nitrogen and oxygen atoms in total. The normalized spacial score (nSPS) is 12.9. The van der Waals surface area contributed by atoms with E-state index in [9.17, 15) is 0 Å². The molecule has 0 unspecified atom stereocenters. The van der Waals surface area contributed by atoms with Gasteiger partial charge in [-0.1, -0.05) is 52.0 Å². The van der Waals surface area contributed by atoms with Gasteiger partial charge in [-0.25, -0.2) is 0 Å². The van der Waals surface area contributed by atoms with E-state index < -0.39 is 0 Å². The zero-order valence-corrected chi connectivity index (χ0v) is 10.7. The Labute approximate surface area is 98.6 Å². The molecule has 0 saturated heterocycles. The summed E-state index contributed by atoms with van der Waals surface area (Å²) in [5, 5.41) is 0. The van der Waals surface area contributed by atoms with Crippen molar-refractivity contribution in [2.45, 2.75) is 40.7 Å². The molecule has 0 atom stereocenters. The highest BCUT2D eigenvalue weighted by molar-refractivity contribution is 5.85. The van der Waals surface area contributed by atoms with E-state index in [2.05, 4.69) is 57.0 Å². The van der Waals surface area contributed by atoms with Gasteiger partial charge in [0.15, 0.2) is 0 Å². The van der Waals surface area contributed by atoms with Crippen LogP contribution in [-0.4, -0.2) is 5.84 Å². The zero-order chi connectivity index (χ0) is 12.2. The van der Waals surface area contributed by atoms with Crippen LogP contribution < -0.4 is 5.73 Å². The Kier molecular flexibility index (Phi) is 4.11. The average Bonchev–Trinajstić information content (AvgIpc) is 2.25. The largest absolute Gasteiger partial charge is 0.387 e. The Balaban J connectivity index is 2.67. The number of nitrogens with two attached hydrogens (primary N) is 1. The van der Waals surface area contributed by atoms with Crippen LogP contribution in [0.2, 0.25) is 0 Å². The van der Waals surface area contributed by atoms with Gasteiger partial charge in [-0.2, -0.15) is 0 Å². The fourth-order valence-electron chi connectivity index (χ4n) is 1.29. The van der Waals surface area contributed by atoms with E-state index in [1.807, 2.05) is 0 Å². The number of aliphatic imine (C=N–C) groups is 1. The van der Waals surface area contributed by atoms with E-state index >= 15 is 0 Å². The van der Waals surface area contributed by atoms with Crippen molar-refractivity contribution in [2.75, 3.05) is 0 Å². The molecule has 88 valence electrons. The third kappa shape index (κ3) is 3.69. The molecule has 0 fully saturated rings. The quantitative estimate of drug-likeness (QED) is 0.614. The molecule has 0 aliphatic carbocycles. The summed E-state index contributed by atoms with van der Waals surface area (Å²) in [5.41, 5.74) is 8.44. The van der Waals surface area contributed by atoms with E-state index in [4.69, 9.17) is 5.73 Å². The van der Waals surface area contributed by atoms with Crippen molar-refractivity contribution in [2.24, 2.45) is 16.1 Å². The van der Waals surface area contributed by atoms with Gasteiger partial charge in [-0.3, -0.25) is 4.99 Å². The Hall–Kier alpha value is -1.31. The van der Waals surface area contributed by atoms with E-state index in [1.165, 1.54) is 11.1 Å². The van der Waals surface area contributed by atoms with Crippen molar-refractivity contribution < 1.29 is 0 Å². The van der Waals surface area contributed by atoms with E-state index in [-0.39, 0.29) is 5.41 Å². The molecular weight excluding hydrogens is 196 g/mol. The minimum atomic E-state index is -0.0383. The molecule has 16 heavy (non-hydrogen) atoms. The fraction of sp³-hybridized carbons (Fsp3) is 0.500. The average molecular weight is 218 g/mol. The molecule has 2 N–H and O–H groups in total. The highest BCUT2D eigenvalue weighted by Gasteiger charge is 2.14. The van der Waals surface area contributed by atoms with Crippen molar-refractivity contribution in [1.82, 2.24) is 0 Å². The van der Waals surface area contributed by atoms with Crippen LogP contribution in [0.1, 0.15) is 38.8 Å². The summed E-state index contributed by atoms with van der Waals surface area (Å²) in [6.07, 6.45) is 1.08. The van der Waals surface area contributed by atoms with Crippen molar-refractivity contribution in [3.05, 3.63) is 35.4 Å². The Morgan fingerprint density at radius 1 is 1.12 bits per heavy atom. The predicted octanol–water partition coefficient (Wildman–Crippen LogP) is 3.15. The fourth-order valence-corrected chi connectivity index (χ4v) is 1.29. The molecule has 1 rings (SSSR count). The molecule has 1 aromatic rings. The zero-order valence-electron chi connectivity index (χ0n) is 10.7. The Morgan fingerprint density at radius 2 is 1.62 bits per heavy atom. The number of hydrogen-bond donors (Lipinski definition) is 1. The maximum atomic E-state index is 5.90. The summed E-state index contributed by atoms with van der Waals surface area (Å²) in [6, 6.07) is 8.55. The first-order valence-corrected chi connectivity index (χ1v) is 5.81. The summed E-state index contributed by atoms with van der Waals surface area (Å²) >= 11 is 0. The molecule has 0 bridgehead atoms. The molecule has 0 spiro atoms. The topological polar surface area (TPSA) is 38.4 Å². The highest BCUT2D eigenvalue weighted by atomic mass is 14.9. The van der Waals surface area contributed by atoms with Crippen LogP contribution in [0.25, 0.3) is 0 Å². The van der Waals surface area contributed by atoms with Crippen molar-refractivity contribution in [1.29, 1.82) is 0 Å². The third-order valence-electron chi connectivity index (χ3n) is 2.63. The monoisotopic (exact) mass is 218 g/mol. The van der Waals surface area contributed by atoms with Gasteiger partial charge >= 0.3 is 0 Å². The van der Waals surface area contributed by atoms with Gasteiger partial charge in [-0.05, 0) is 17.5 Å². The van der Waals surface area contributed by atoms with Gasteiger partial charge in [0.05, 0.1) is 12.4 Å². The second kappa shape index (κ2) is 5.15. The first kappa shape index (κ1) is 12.8. The van der Waals surface area contributed by atoms with Crippen LogP contribution in [0, 0.1) is 5.41 Å². The molecule has 0 aromatic heterocycles. The molecule has 0 amide bonds. The molecule has 0 saturated carbocycles. The Morgan fingerprint density at radius 3 is 2.06 bits per heavy atom. The smallest absolute Gasteiger partial charge is 0.0995 e. The Bertz CT molecular complexity index is 355. The van der Waals surface area contributed by atoms with Gasteiger partial charge < -0.3 is 5.73 Å². The van der Waals surface area contributed by atoms with Gasteiger partial charge in [0.2, 0.25) is 0 Å². The lowest BCUT2D eigenvalue weighted by Gasteiger charge is -2.17. The van der Waals surface area contributed by atoms with E-state index in [0.29, 0.717) is 12.4 Å². The number of benzene rings is 1. The number of hydrogen-bond acceptors (Lipinski definition) is 1. The summed E-state index contributed by atoms with van der Waals surface area (Å²) in [7, 11) is 0. The van der Waals surface area contributed by atoms with Crippen LogP contribution in [0.4, 0.5) is 0 Å². The minimum Gasteiger partial charge on any atom is -0.387 e. The molecular formula is C14H22N2. The van der Waals surface area contributed by atoms with Crippen molar-refractivity contribution in [3.8, 4) is 0 Å². The van der Waals surface area contributed by atoms with Crippen LogP contribution in [-0.2, 0) is 13.0 Å². The van der Waals surface area contributed by atoms with Crippen LogP contribution in [0.3, 0.4) is 0 Å². The summed E-state index contributed by atoms with van der Waals surface area (Å²) in [6.45, 7) is 9.06. The lowest BCUT2D eigenvalue weighted by molar-refractivity contribution is 0.581. The van der Waals surface area contributed by atoms with Gasteiger partial charge in [0, 0.05) is 5.41 Å². The second-order valence-electron chi connectivity index (χ2n) is 5.12. The van der Waals surface area contributed by atoms with Crippen LogP contribution >= 0.6 is 0 Å². The van der Waals surface area contributed by atoms with Crippen LogP contribution in [0.5, 0.6) is 0 Å². The third-order valence-corrected chi connectivity index (χ3v) is 2.63. The van der Waals surface area contributed by atoms with Gasteiger partial charge in [0.25, 0.3) is 0 Å². The molecule has 1 aromatic carbocycles. The molecule has 0 radical (unpaired) electrons. The lowest BCUT2D eigenvalue weighted by atomic mass is 9.95. The standard InChI is InChI=1S/C14H22N2/c1-5-11-6-8-12(9-7-11)10-16-13(15)14(2,3)4/h6-9H,5,10H2,1-4H3,(H2,15,16). The molecule has 0 aliphatic rings. The summed E-state index contributed by atoms with van der Waals surface area (Å²) in [4.78, 5) is 4.42. The predicted molar refractivity (Wildman–Crippen MR) is 70.6 cm³/mol. The highest BCUT2D eigenvalue weighted by Crippen LogP contribution is 2.14. The number of aryl methyl sites for hydroxylation is 1. The van der Waals surface area contributed by atoms with Gasteiger partial charge in [-0.15, -0.1) is 0 Å². The maximum absolute atomic E-state index is 5.90. The van der Waals surface area contributed by atoms with E-state index in [1.54, 1.807) is 0 Å². The first-order valence-electron chi connectivity index (χ1n) is 5.81. The molecule has 0 aliphatic heterocycles. The second-order valence-corrected chi connectivity index (χ2v) is 5.12. The summed E-state index contributed by atoms with van der Waals surface area (Å²) in [5.74, 6) is 0.715. The number of amidine groups is 1. The minimum absolute atomic E-state index is 0.0383. The van der Waals surface area contributed by atoms with Crippen molar-refractivity contribution >= 4 is 5.84 Å². The molecule has 2 heteroatoms. The number of nitrogens with zero attached hydrogens (tertiary/aromatic N) is 1. The number of rotatable bonds is 3. The SMILES string of the molecule is CCc1ccc(CN=C(N)C(C)(C)C)cc1. The van der Waals surface area contributed by atoms with Gasteiger partial charge in [0.1, 0.15) is 0 Å².